The van der Waals surface area contributed by atoms with Crippen LogP contribution in [0.2, 0.25) is 0 Å². The normalized spacial score (nSPS) is 9.95. The SMILES string of the molecule is N=O.O=C(O)c1ccc(OCCOc2ccc(-c3ccc(COCCCc4ccncc4)cc3)cc2)cc1.[O-2]. The summed E-state index contributed by atoms with van der Waals surface area (Å²) in [6.07, 6.45) is 5.63. The van der Waals surface area contributed by atoms with Gasteiger partial charge in [-0.25, -0.2) is 4.79 Å². The van der Waals surface area contributed by atoms with Crippen LogP contribution in [0.25, 0.3) is 11.1 Å². The molecule has 204 valence electrons. The van der Waals surface area contributed by atoms with E-state index in [0.29, 0.717) is 25.6 Å². The summed E-state index contributed by atoms with van der Waals surface area (Å²) in [5.74, 6) is 0.417. The van der Waals surface area contributed by atoms with Crippen LogP contribution < -0.4 is 9.47 Å². The Morgan fingerprint density at radius 1 is 0.692 bits per heavy atom. The molecular formula is C30H30N2O7-2. The van der Waals surface area contributed by atoms with E-state index in [1.54, 1.807) is 12.1 Å². The fourth-order valence-corrected chi connectivity index (χ4v) is 3.67. The Kier molecular flexibility index (Phi) is 13.4. The fraction of sp³-hybridized carbons (Fsp3) is 0.200. The van der Waals surface area contributed by atoms with Crippen LogP contribution in [0.1, 0.15) is 27.9 Å². The lowest BCUT2D eigenvalue weighted by Crippen LogP contribution is -2.09. The maximum absolute atomic E-state index is 10.9. The van der Waals surface area contributed by atoms with E-state index < -0.39 is 5.97 Å². The van der Waals surface area contributed by atoms with Gasteiger partial charge in [0.05, 0.1) is 12.2 Å². The lowest BCUT2D eigenvalue weighted by atomic mass is 10.0. The lowest BCUT2D eigenvalue weighted by molar-refractivity contribution is 0.0696. The van der Waals surface area contributed by atoms with Crippen molar-refractivity contribution in [3.63, 3.8) is 0 Å². The van der Waals surface area contributed by atoms with Gasteiger partial charge >= 0.3 is 5.97 Å². The molecule has 0 radical (unpaired) electrons. The second-order valence-electron chi connectivity index (χ2n) is 8.26. The second-order valence-corrected chi connectivity index (χ2v) is 8.26. The predicted octanol–water partition coefficient (Wildman–Crippen LogP) is 6.27. The summed E-state index contributed by atoms with van der Waals surface area (Å²) < 4.78 is 17.2. The monoisotopic (exact) mass is 530 g/mol. The summed E-state index contributed by atoms with van der Waals surface area (Å²) in [5.41, 5.74) is 9.42. The van der Waals surface area contributed by atoms with Gasteiger partial charge in [-0.3, -0.25) is 4.98 Å². The van der Waals surface area contributed by atoms with Crippen LogP contribution in [0.4, 0.5) is 0 Å². The van der Waals surface area contributed by atoms with Crippen LogP contribution in [-0.4, -0.2) is 35.9 Å². The number of ether oxygens (including phenoxy) is 3. The molecule has 0 fully saturated rings. The van der Waals surface area contributed by atoms with Gasteiger partial charge in [-0.1, -0.05) is 42.0 Å². The maximum atomic E-state index is 10.9. The van der Waals surface area contributed by atoms with Crippen LogP contribution in [0.3, 0.4) is 0 Å². The largest absolute Gasteiger partial charge is 2.00 e. The number of carbonyl (C=O) groups is 1. The second kappa shape index (κ2) is 17.0. The average molecular weight is 531 g/mol. The first kappa shape index (κ1) is 30.6. The lowest BCUT2D eigenvalue weighted by Gasteiger charge is -2.10. The molecule has 0 amide bonds. The smallest absolute Gasteiger partial charge is 0.335 e. The number of carboxylic acids is 1. The first-order valence-corrected chi connectivity index (χ1v) is 12.1. The molecule has 4 aromatic rings. The third-order valence-electron chi connectivity index (χ3n) is 5.64. The van der Waals surface area contributed by atoms with Crippen molar-refractivity contribution in [2.75, 3.05) is 19.8 Å². The Morgan fingerprint density at radius 2 is 1.21 bits per heavy atom. The highest BCUT2D eigenvalue weighted by molar-refractivity contribution is 5.87. The Hall–Kier alpha value is -4.60. The molecule has 1 aromatic heterocycles. The molecule has 0 aliphatic rings. The summed E-state index contributed by atoms with van der Waals surface area (Å²) in [6, 6.07) is 26.8. The molecular weight excluding hydrogens is 500 g/mol. The molecule has 2 N–H and O–H groups in total. The number of nitrogens with one attached hydrogen (secondary N) is 1. The quantitative estimate of drug-likeness (QED) is 0.153. The fourth-order valence-electron chi connectivity index (χ4n) is 3.67. The van der Waals surface area contributed by atoms with Gasteiger partial charge in [0.1, 0.15) is 24.7 Å². The first-order valence-electron chi connectivity index (χ1n) is 12.1. The van der Waals surface area contributed by atoms with Gasteiger partial charge in [0.25, 0.3) is 0 Å². The van der Waals surface area contributed by atoms with Crippen molar-refractivity contribution in [2.45, 2.75) is 19.4 Å². The molecule has 4 rings (SSSR count). The van der Waals surface area contributed by atoms with E-state index in [0.717, 1.165) is 41.9 Å². The van der Waals surface area contributed by atoms with Gasteiger partial charge in [-0.05, 0) is 83.6 Å². The zero-order chi connectivity index (χ0) is 27.0. The standard InChI is InChI=1S/C30H29NO5.HNO.O/c32-30(33)27-9-13-29(14-10-27)36-21-20-35-28-11-7-26(8-12-28)25-5-3-24(4-6-25)22-34-19-1-2-23-15-17-31-18-16-23;1-2;/h3-18H,1-2,19-22H2,(H,32,33);1H;/q;;-2. The third kappa shape index (κ3) is 10.4. The Balaban J connectivity index is 0.00000174. The number of benzene rings is 3. The number of nitrogens with zero attached hydrogens (tertiary/aromatic N) is 1. The van der Waals surface area contributed by atoms with Crippen LogP contribution >= 0.6 is 0 Å². The van der Waals surface area contributed by atoms with Crippen molar-refractivity contribution >= 4 is 5.97 Å². The molecule has 3 aromatic carbocycles. The number of hydrogen-bond acceptors (Lipinski definition) is 7. The summed E-state index contributed by atoms with van der Waals surface area (Å²) in [5, 5.41) is 8.93. The van der Waals surface area contributed by atoms with Crippen LogP contribution in [0.15, 0.2) is 97.3 Å². The van der Waals surface area contributed by atoms with Crippen molar-refractivity contribution in [3.8, 4) is 22.6 Å². The first-order chi connectivity index (χ1) is 18.7. The Labute approximate surface area is 227 Å². The van der Waals surface area contributed by atoms with Crippen LogP contribution in [0.5, 0.6) is 11.5 Å². The molecule has 0 aliphatic carbocycles. The summed E-state index contributed by atoms with van der Waals surface area (Å²) in [4.78, 5) is 22.4. The highest BCUT2D eigenvalue weighted by Crippen LogP contribution is 2.23. The van der Waals surface area contributed by atoms with E-state index in [1.807, 2.05) is 48.8 Å². The molecule has 0 aliphatic heterocycles. The molecule has 0 spiro atoms. The molecule has 0 saturated heterocycles. The number of carboxylic acid groups (broad SMARTS) is 1. The summed E-state index contributed by atoms with van der Waals surface area (Å²) in [7, 11) is 0. The van der Waals surface area contributed by atoms with Crippen molar-refractivity contribution < 1.29 is 29.6 Å². The minimum Gasteiger partial charge on any atom is -2.00 e. The summed E-state index contributed by atoms with van der Waals surface area (Å²) >= 11 is 0. The van der Waals surface area contributed by atoms with E-state index in [-0.39, 0.29) is 11.0 Å². The Morgan fingerprint density at radius 3 is 1.74 bits per heavy atom. The minimum atomic E-state index is -0.957. The van der Waals surface area contributed by atoms with Crippen LogP contribution in [0, 0.1) is 10.5 Å². The number of aryl methyl sites for hydroxylation is 1. The molecule has 9 heteroatoms. The molecule has 39 heavy (non-hydrogen) atoms. The average Bonchev–Trinajstić information content (AvgIpc) is 2.98. The van der Waals surface area contributed by atoms with E-state index in [2.05, 4.69) is 34.8 Å². The number of nitroso groups, excluding NO2 is 1. The number of aromatic carboxylic acids is 1. The van der Waals surface area contributed by atoms with Crippen molar-refractivity contribution in [1.29, 1.82) is 5.59 Å². The van der Waals surface area contributed by atoms with E-state index in [4.69, 9.17) is 24.2 Å². The van der Waals surface area contributed by atoms with E-state index in [1.165, 1.54) is 17.7 Å². The van der Waals surface area contributed by atoms with E-state index in [9.17, 15) is 4.79 Å². The van der Waals surface area contributed by atoms with Crippen molar-refractivity contribution in [3.05, 3.63) is 119 Å². The Bertz CT molecular complexity index is 1230. The van der Waals surface area contributed by atoms with Crippen LogP contribution in [-0.2, 0) is 23.2 Å². The highest BCUT2D eigenvalue weighted by atomic mass is 16.5. The molecule has 9 nitrogen and oxygen atoms in total. The highest BCUT2D eigenvalue weighted by Gasteiger charge is 2.03. The van der Waals surface area contributed by atoms with Gasteiger partial charge in [0.2, 0.25) is 0 Å². The van der Waals surface area contributed by atoms with Gasteiger partial charge in [0.15, 0.2) is 0 Å². The number of pyridine rings is 1. The van der Waals surface area contributed by atoms with Gasteiger partial charge < -0.3 is 24.8 Å². The van der Waals surface area contributed by atoms with Gasteiger partial charge in [0, 0.05) is 19.0 Å². The molecule has 0 unspecified atom stereocenters. The van der Waals surface area contributed by atoms with Gasteiger partial charge in [-0.2, -0.15) is 4.91 Å². The number of rotatable bonds is 13. The van der Waals surface area contributed by atoms with Gasteiger partial charge in [-0.15, -0.1) is 0 Å². The molecule has 0 atom stereocenters. The minimum absolute atomic E-state index is 0. The maximum Gasteiger partial charge on any atom is 0.335 e. The molecule has 0 saturated carbocycles. The van der Waals surface area contributed by atoms with E-state index >= 15 is 0 Å². The topological polar surface area (TPSA) is 147 Å². The van der Waals surface area contributed by atoms with Crippen molar-refractivity contribution in [1.82, 2.24) is 4.98 Å². The third-order valence-corrected chi connectivity index (χ3v) is 5.64. The summed E-state index contributed by atoms with van der Waals surface area (Å²) in [6.45, 7) is 2.08. The number of aromatic nitrogens is 1. The van der Waals surface area contributed by atoms with Crippen molar-refractivity contribution in [2.24, 2.45) is 0 Å². The zero-order valence-corrected chi connectivity index (χ0v) is 21.3. The molecule has 0 bridgehead atoms. The predicted molar refractivity (Wildman–Crippen MR) is 145 cm³/mol. The zero-order valence-electron chi connectivity index (χ0n) is 21.3. The molecule has 1 heterocycles. The number of hydrogen-bond donors (Lipinski definition) is 2.